The van der Waals surface area contributed by atoms with Crippen molar-refractivity contribution in [3.05, 3.63) is 12.7 Å². The molecule has 1 amide bonds. The SMILES string of the molecule is C=CC(N)=O.CCCCCCCCCCCN(CC)CC. The van der Waals surface area contributed by atoms with Gasteiger partial charge >= 0.3 is 0 Å². The monoisotopic (exact) mass is 298 g/mol. The predicted molar refractivity (Wildman–Crippen MR) is 94.4 cm³/mol. The second kappa shape index (κ2) is 19.2. The Balaban J connectivity index is 0. The van der Waals surface area contributed by atoms with Gasteiger partial charge in [0, 0.05) is 0 Å². The normalized spacial score (nSPS) is 10.1. The molecule has 0 saturated heterocycles. The zero-order valence-corrected chi connectivity index (χ0v) is 14.7. The minimum Gasteiger partial charge on any atom is -0.366 e. The van der Waals surface area contributed by atoms with Crippen LogP contribution in [-0.2, 0) is 4.79 Å². The average molecular weight is 299 g/mol. The number of unbranched alkanes of at least 4 members (excludes halogenated alkanes) is 8. The first-order valence-corrected chi connectivity index (χ1v) is 8.76. The molecule has 0 aromatic carbocycles. The molecule has 2 N–H and O–H groups in total. The fourth-order valence-electron chi connectivity index (χ4n) is 2.19. The number of nitrogens with zero attached hydrogens (tertiary/aromatic N) is 1. The third-order valence-corrected chi connectivity index (χ3v) is 3.67. The van der Waals surface area contributed by atoms with Crippen molar-refractivity contribution in [3.8, 4) is 0 Å². The number of rotatable bonds is 13. The van der Waals surface area contributed by atoms with E-state index in [1.54, 1.807) is 0 Å². The second-order valence-corrected chi connectivity index (χ2v) is 5.46. The van der Waals surface area contributed by atoms with Crippen molar-refractivity contribution in [2.45, 2.75) is 78.6 Å². The molecule has 0 spiro atoms. The second-order valence-electron chi connectivity index (χ2n) is 5.46. The van der Waals surface area contributed by atoms with Gasteiger partial charge in [0.05, 0.1) is 0 Å². The maximum absolute atomic E-state index is 9.47. The van der Waals surface area contributed by atoms with Gasteiger partial charge in [0.1, 0.15) is 0 Å². The lowest BCUT2D eigenvalue weighted by molar-refractivity contribution is -0.113. The first-order chi connectivity index (χ1) is 10.1. The smallest absolute Gasteiger partial charge is 0.240 e. The third kappa shape index (κ3) is 21.6. The van der Waals surface area contributed by atoms with Crippen LogP contribution in [0.15, 0.2) is 12.7 Å². The lowest BCUT2D eigenvalue weighted by Gasteiger charge is -2.17. The summed E-state index contributed by atoms with van der Waals surface area (Å²) in [6.07, 6.45) is 14.0. The number of hydrogen-bond acceptors (Lipinski definition) is 2. The molecular weight excluding hydrogens is 260 g/mol. The standard InChI is InChI=1S/C15H33N.C3H5NO/c1-4-7-8-9-10-11-12-13-14-15-16(5-2)6-3;1-2-3(4)5/h4-15H2,1-3H3;2H,1H2,(H2,4,5). The van der Waals surface area contributed by atoms with E-state index >= 15 is 0 Å². The summed E-state index contributed by atoms with van der Waals surface area (Å²) in [7, 11) is 0. The maximum Gasteiger partial charge on any atom is 0.240 e. The van der Waals surface area contributed by atoms with Crippen LogP contribution in [0, 0.1) is 0 Å². The molecule has 0 heterocycles. The highest BCUT2D eigenvalue weighted by Gasteiger charge is 1.97. The van der Waals surface area contributed by atoms with E-state index in [0.29, 0.717) is 0 Å². The van der Waals surface area contributed by atoms with E-state index in [-0.39, 0.29) is 0 Å². The molecule has 126 valence electrons. The van der Waals surface area contributed by atoms with Gasteiger partial charge in [-0.25, -0.2) is 0 Å². The molecule has 0 fully saturated rings. The third-order valence-electron chi connectivity index (χ3n) is 3.67. The summed E-state index contributed by atoms with van der Waals surface area (Å²) in [5.74, 6) is -0.481. The summed E-state index contributed by atoms with van der Waals surface area (Å²) in [4.78, 5) is 12.0. The Kier molecular flexibility index (Phi) is 20.5. The molecule has 0 aliphatic carbocycles. The molecule has 0 aromatic rings. The molecule has 21 heavy (non-hydrogen) atoms. The van der Waals surface area contributed by atoms with Crippen LogP contribution in [-0.4, -0.2) is 30.4 Å². The van der Waals surface area contributed by atoms with Gasteiger partial charge in [-0.05, 0) is 32.1 Å². The Bertz CT molecular complexity index is 225. The Labute approximate surface area is 133 Å². The first kappa shape index (κ1) is 22.5. The molecule has 3 heteroatoms. The number of nitrogens with two attached hydrogens (primary N) is 1. The van der Waals surface area contributed by atoms with Crippen molar-refractivity contribution >= 4 is 5.91 Å². The van der Waals surface area contributed by atoms with E-state index in [4.69, 9.17) is 0 Å². The highest BCUT2D eigenvalue weighted by Crippen LogP contribution is 2.09. The zero-order valence-electron chi connectivity index (χ0n) is 14.7. The van der Waals surface area contributed by atoms with Gasteiger partial charge in [-0.3, -0.25) is 4.79 Å². The first-order valence-electron chi connectivity index (χ1n) is 8.76. The van der Waals surface area contributed by atoms with Crippen LogP contribution in [0.2, 0.25) is 0 Å². The fraction of sp³-hybridized carbons (Fsp3) is 0.833. The lowest BCUT2D eigenvalue weighted by atomic mass is 10.1. The Morgan fingerprint density at radius 2 is 1.29 bits per heavy atom. The summed E-state index contributed by atoms with van der Waals surface area (Å²) >= 11 is 0. The number of carbonyl (C=O) groups excluding carboxylic acids is 1. The topological polar surface area (TPSA) is 46.3 Å². The molecule has 0 radical (unpaired) electrons. The van der Waals surface area contributed by atoms with Crippen LogP contribution in [0.1, 0.15) is 78.6 Å². The van der Waals surface area contributed by atoms with Crippen LogP contribution < -0.4 is 5.73 Å². The molecule has 0 atom stereocenters. The van der Waals surface area contributed by atoms with E-state index in [1.165, 1.54) is 77.4 Å². The van der Waals surface area contributed by atoms with Gasteiger partial charge in [0.2, 0.25) is 5.91 Å². The predicted octanol–water partition coefficient (Wildman–Crippen LogP) is 4.52. The zero-order chi connectivity index (χ0) is 16.3. The van der Waals surface area contributed by atoms with E-state index in [1.807, 2.05) is 0 Å². The molecule has 0 aromatic heterocycles. The van der Waals surface area contributed by atoms with Crippen LogP contribution in [0.4, 0.5) is 0 Å². The highest BCUT2D eigenvalue weighted by atomic mass is 16.1. The lowest BCUT2D eigenvalue weighted by Crippen LogP contribution is -2.23. The van der Waals surface area contributed by atoms with Gasteiger partial charge in [-0.2, -0.15) is 0 Å². The van der Waals surface area contributed by atoms with Gasteiger partial charge in [-0.15, -0.1) is 0 Å². The average Bonchev–Trinajstić information content (AvgIpc) is 2.50. The van der Waals surface area contributed by atoms with E-state index < -0.39 is 5.91 Å². The van der Waals surface area contributed by atoms with E-state index in [0.717, 1.165) is 6.08 Å². The van der Waals surface area contributed by atoms with Crippen molar-refractivity contribution in [3.63, 3.8) is 0 Å². The number of primary amides is 1. The summed E-state index contributed by atoms with van der Waals surface area (Å²) in [6, 6.07) is 0. The van der Waals surface area contributed by atoms with Gasteiger partial charge in [0.25, 0.3) is 0 Å². The summed E-state index contributed by atoms with van der Waals surface area (Å²) in [6.45, 7) is 13.6. The minimum atomic E-state index is -0.481. The molecule has 0 unspecified atom stereocenters. The minimum absolute atomic E-state index is 0.481. The Morgan fingerprint density at radius 1 is 0.905 bits per heavy atom. The van der Waals surface area contributed by atoms with Crippen LogP contribution in [0.5, 0.6) is 0 Å². The van der Waals surface area contributed by atoms with Crippen molar-refractivity contribution in [2.75, 3.05) is 19.6 Å². The number of hydrogen-bond donors (Lipinski definition) is 1. The number of carbonyl (C=O) groups is 1. The largest absolute Gasteiger partial charge is 0.366 e. The van der Waals surface area contributed by atoms with E-state index in [9.17, 15) is 4.79 Å². The van der Waals surface area contributed by atoms with Crippen molar-refractivity contribution in [1.29, 1.82) is 0 Å². The summed E-state index contributed by atoms with van der Waals surface area (Å²) in [5, 5.41) is 0. The Hall–Kier alpha value is -0.830. The maximum atomic E-state index is 9.47. The van der Waals surface area contributed by atoms with E-state index in [2.05, 4.69) is 38.0 Å². The molecule has 0 aliphatic heterocycles. The molecule has 0 rings (SSSR count). The van der Waals surface area contributed by atoms with Crippen molar-refractivity contribution < 1.29 is 4.79 Å². The molecule has 0 aliphatic rings. The van der Waals surface area contributed by atoms with Crippen molar-refractivity contribution in [2.24, 2.45) is 5.73 Å². The van der Waals surface area contributed by atoms with Gasteiger partial charge in [-0.1, -0.05) is 78.7 Å². The number of amides is 1. The van der Waals surface area contributed by atoms with Crippen molar-refractivity contribution in [1.82, 2.24) is 4.90 Å². The Morgan fingerprint density at radius 3 is 1.62 bits per heavy atom. The van der Waals surface area contributed by atoms with Crippen LogP contribution >= 0.6 is 0 Å². The van der Waals surface area contributed by atoms with Crippen LogP contribution in [0.25, 0.3) is 0 Å². The molecule has 3 nitrogen and oxygen atoms in total. The quantitative estimate of drug-likeness (QED) is 0.401. The summed E-state index contributed by atoms with van der Waals surface area (Å²) < 4.78 is 0. The fourth-order valence-corrected chi connectivity index (χ4v) is 2.19. The highest BCUT2D eigenvalue weighted by molar-refractivity contribution is 5.84. The molecule has 0 bridgehead atoms. The van der Waals surface area contributed by atoms with Gasteiger partial charge in [0.15, 0.2) is 0 Å². The molecular formula is C18H38N2O. The van der Waals surface area contributed by atoms with Gasteiger partial charge < -0.3 is 10.6 Å². The summed E-state index contributed by atoms with van der Waals surface area (Å²) in [5.41, 5.74) is 4.53. The molecule has 0 saturated carbocycles. The van der Waals surface area contributed by atoms with Crippen LogP contribution in [0.3, 0.4) is 0 Å².